The molecule has 3 heteroatoms. The molecule has 88 valence electrons. The van der Waals surface area contributed by atoms with Crippen molar-refractivity contribution in [2.45, 2.75) is 44.8 Å². The first-order valence-corrected chi connectivity index (χ1v) is 5.88. The second kappa shape index (κ2) is 4.06. The van der Waals surface area contributed by atoms with Gasteiger partial charge in [-0.1, -0.05) is 23.8 Å². The Labute approximate surface area is 96.4 Å². The monoisotopic (exact) mass is 221 g/mol. The van der Waals surface area contributed by atoms with Gasteiger partial charge in [-0.05, 0) is 33.1 Å². The molecule has 2 unspecified atom stereocenters. The van der Waals surface area contributed by atoms with Crippen LogP contribution in [0, 0.1) is 0 Å². The maximum Gasteiger partial charge on any atom is 0.252 e. The third-order valence-electron chi connectivity index (χ3n) is 3.57. The molecular weight excluding hydrogens is 202 g/mol. The number of hydrogen-bond donors (Lipinski definition) is 1. The van der Waals surface area contributed by atoms with Crippen molar-refractivity contribution in [3.63, 3.8) is 0 Å². The third-order valence-corrected chi connectivity index (χ3v) is 3.57. The van der Waals surface area contributed by atoms with Crippen molar-refractivity contribution in [1.82, 2.24) is 4.90 Å². The molecule has 0 bridgehead atoms. The van der Waals surface area contributed by atoms with Gasteiger partial charge in [0.15, 0.2) is 0 Å². The van der Waals surface area contributed by atoms with E-state index in [0.717, 1.165) is 19.4 Å². The van der Waals surface area contributed by atoms with Crippen LogP contribution in [0.15, 0.2) is 23.8 Å². The first kappa shape index (κ1) is 11.4. The minimum absolute atomic E-state index is 0.119. The van der Waals surface area contributed by atoms with Crippen LogP contribution in [-0.2, 0) is 4.79 Å². The first-order chi connectivity index (χ1) is 7.53. The molecule has 1 fully saturated rings. The van der Waals surface area contributed by atoms with Gasteiger partial charge in [0.2, 0.25) is 0 Å². The summed E-state index contributed by atoms with van der Waals surface area (Å²) < 4.78 is 0. The number of aliphatic hydroxyl groups excluding tert-OH is 1. The predicted octanol–water partition coefficient (Wildman–Crippen LogP) is 1.63. The molecule has 1 N–H and O–H groups in total. The van der Waals surface area contributed by atoms with E-state index in [0.29, 0.717) is 6.42 Å². The SMILES string of the molecule is CC1=CCC(C)(N2CCCC(O)C2=O)C=C1. The zero-order valence-corrected chi connectivity index (χ0v) is 9.94. The van der Waals surface area contributed by atoms with Gasteiger partial charge in [-0.3, -0.25) is 4.79 Å². The lowest BCUT2D eigenvalue weighted by molar-refractivity contribution is -0.148. The van der Waals surface area contributed by atoms with E-state index in [9.17, 15) is 9.90 Å². The van der Waals surface area contributed by atoms with Gasteiger partial charge in [0.05, 0.1) is 5.54 Å². The van der Waals surface area contributed by atoms with Crippen LogP contribution < -0.4 is 0 Å². The van der Waals surface area contributed by atoms with E-state index in [1.54, 1.807) is 0 Å². The minimum Gasteiger partial charge on any atom is -0.383 e. The molecule has 1 amide bonds. The van der Waals surface area contributed by atoms with Crippen molar-refractivity contribution in [2.75, 3.05) is 6.54 Å². The lowest BCUT2D eigenvalue weighted by Gasteiger charge is -2.43. The molecule has 1 saturated heterocycles. The number of carbonyl (C=O) groups is 1. The van der Waals surface area contributed by atoms with E-state index >= 15 is 0 Å². The van der Waals surface area contributed by atoms with E-state index in [2.05, 4.69) is 32.1 Å². The van der Waals surface area contributed by atoms with Gasteiger partial charge in [-0.25, -0.2) is 0 Å². The van der Waals surface area contributed by atoms with Crippen LogP contribution in [0.25, 0.3) is 0 Å². The largest absolute Gasteiger partial charge is 0.383 e. The van der Waals surface area contributed by atoms with Crippen molar-refractivity contribution in [3.05, 3.63) is 23.8 Å². The van der Waals surface area contributed by atoms with Crippen LogP contribution in [0.4, 0.5) is 0 Å². The average molecular weight is 221 g/mol. The number of aliphatic hydroxyl groups is 1. The van der Waals surface area contributed by atoms with Gasteiger partial charge in [-0.2, -0.15) is 0 Å². The molecule has 1 aliphatic carbocycles. The van der Waals surface area contributed by atoms with Gasteiger partial charge in [0.1, 0.15) is 6.10 Å². The van der Waals surface area contributed by atoms with Crippen LogP contribution in [0.5, 0.6) is 0 Å². The third kappa shape index (κ3) is 1.92. The summed E-state index contributed by atoms with van der Waals surface area (Å²) in [5.41, 5.74) is 0.986. The predicted molar refractivity (Wildman–Crippen MR) is 62.9 cm³/mol. The van der Waals surface area contributed by atoms with Crippen LogP contribution >= 0.6 is 0 Å². The summed E-state index contributed by atoms with van der Waals surface area (Å²) in [7, 11) is 0. The molecule has 2 atom stereocenters. The Balaban J connectivity index is 2.18. The molecule has 16 heavy (non-hydrogen) atoms. The summed E-state index contributed by atoms with van der Waals surface area (Å²) in [5, 5.41) is 9.61. The molecule has 2 rings (SSSR count). The molecule has 1 aliphatic heterocycles. The fourth-order valence-electron chi connectivity index (χ4n) is 2.38. The Morgan fingerprint density at radius 3 is 2.94 bits per heavy atom. The number of carbonyl (C=O) groups excluding carboxylic acids is 1. The number of hydrogen-bond acceptors (Lipinski definition) is 2. The fourth-order valence-corrected chi connectivity index (χ4v) is 2.38. The Morgan fingerprint density at radius 2 is 2.31 bits per heavy atom. The van der Waals surface area contributed by atoms with E-state index in [1.807, 2.05) is 4.90 Å². The van der Waals surface area contributed by atoms with Gasteiger partial charge in [0, 0.05) is 6.54 Å². The molecular formula is C13H19NO2. The highest BCUT2D eigenvalue weighted by molar-refractivity contribution is 5.82. The number of piperidine rings is 1. The summed E-state index contributed by atoms with van der Waals surface area (Å²) >= 11 is 0. The van der Waals surface area contributed by atoms with Crippen LogP contribution in [0.2, 0.25) is 0 Å². The Bertz CT molecular complexity index is 359. The summed E-state index contributed by atoms with van der Waals surface area (Å²) in [4.78, 5) is 13.8. The van der Waals surface area contributed by atoms with E-state index in [-0.39, 0.29) is 11.4 Å². The zero-order chi connectivity index (χ0) is 11.8. The quantitative estimate of drug-likeness (QED) is 0.731. The first-order valence-electron chi connectivity index (χ1n) is 5.88. The molecule has 0 aromatic carbocycles. The molecule has 0 aromatic heterocycles. The molecule has 0 radical (unpaired) electrons. The maximum atomic E-state index is 11.9. The van der Waals surface area contributed by atoms with Crippen molar-refractivity contribution in [2.24, 2.45) is 0 Å². The van der Waals surface area contributed by atoms with E-state index in [1.165, 1.54) is 5.57 Å². The van der Waals surface area contributed by atoms with Crippen LogP contribution in [0.1, 0.15) is 33.1 Å². The highest BCUT2D eigenvalue weighted by Gasteiger charge is 2.38. The van der Waals surface area contributed by atoms with Gasteiger partial charge >= 0.3 is 0 Å². The van der Waals surface area contributed by atoms with Crippen molar-refractivity contribution in [1.29, 1.82) is 0 Å². The lowest BCUT2D eigenvalue weighted by Crippen LogP contribution is -2.55. The fraction of sp³-hybridized carbons (Fsp3) is 0.615. The summed E-state index contributed by atoms with van der Waals surface area (Å²) in [5.74, 6) is -0.119. The molecule has 3 nitrogen and oxygen atoms in total. The number of nitrogens with zero attached hydrogens (tertiary/aromatic N) is 1. The normalized spacial score (nSPS) is 35.2. The highest BCUT2D eigenvalue weighted by Crippen LogP contribution is 2.30. The second-order valence-corrected chi connectivity index (χ2v) is 4.99. The van der Waals surface area contributed by atoms with Crippen molar-refractivity contribution >= 4 is 5.91 Å². The molecule has 0 spiro atoms. The van der Waals surface area contributed by atoms with Crippen LogP contribution in [-0.4, -0.2) is 34.1 Å². The standard InChI is InChI=1S/C13H19NO2/c1-10-5-7-13(2,8-6-10)14-9-3-4-11(15)12(14)16/h5-7,11,15H,3-4,8-9H2,1-2H3. The second-order valence-electron chi connectivity index (χ2n) is 4.99. The number of likely N-dealkylation sites (tertiary alicyclic amines) is 1. The van der Waals surface area contributed by atoms with Gasteiger partial charge in [0.25, 0.3) is 5.91 Å². The number of allylic oxidation sites excluding steroid dienone is 2. The Morgan fingerprint density at radius 1 is 1.56 bits per heavy atom. The van der Waals surface area contributed by atoms with E-state index < -0.39 is 6.10 Å². The van der Waals surface area contributed by atoms with Crippen molar-refractivity contribution < 1.29 is 9.90 Å². The number of amides is 1. The topological polar surface area (TPSA) is 40.5 Å². The van der Waals surface area contributed by atoms with Crippen molar-refractivity contribution in [3.8, 4) is 0 Å². The molecule has 0 saturated carbocycles. The summed E-state index contributed by atoms with van der Waals surface area (Å²) in [6.07, 6.45) is 7.81. The Hall–Kier alpha value is -1.09. The zero-order valence-electron chi connectivity index (χ0n) is 9.94. The van der Waals surface area contributed by atoms with Crippen LogP contribution in [0.3, 0.4) is 0 Å². The lowest BCUT2D eigenvalue weighted by atomic mass is 9.87. The smallest absolute Gasteiger partial charge is 0.252 e. The highest BCUT2D eigenvalue weighted by atomic mass is 16.3. The summed E-state index contributed by atoms with van der Waals surface area (Å²) in [6, 6.07) is 0. The van der Waals surface area contributed by atoms with Gasteiger partial charge < -0.3 is 10.0 Å². The van der Waals surface area contributed by atoms with E-state index in [4.69, 9.17) is 0 Å². The van der Waals surface area contributed by atoms with Gasteiger partial charge in [-0.15, -0.1) is 0 Å². The Kier molecular flexibility index (Phi) is 2.89. The number of rotatable bonds is 1. The summed E-state index contributed by atoms with van der Waals surface area (Å²) in [6.45, 7) is 4.87. The maximum absolute atomic E-state index is 11.9. The molecule has 0 aromatic rings. The average Bonchev–Trinajstić information content (AvgIpc) is 2.27. The minimum atomic E-state index is -0.800. The molecule has 1 heterocycles. The molecule has 2 aliphatic rings.